The van der Waals surface area contributed by atoms with E-state index in [0.29, 0.717) is 11.6 Å². The van der Waals surface area contributed by atoms with Gasteiger partial charge in [0.2, 0.25) is 0 Å². The Kier molecular flexibility index (Phi) is 4.25. The average Bonchev–Trinajstić information content (AvgIpc) is 2.97. The maximum absolute atomic E-state index is 11.9. The standard InChI is InChI=1S/C16H15ClN4O/c17-13-4-1-11(2-5-13)7-8-18-16(22)20-14-6-3-12-10-19-21-15(12)9-14/h1-6,9-10H,7-8H2,(H,19,21)(H2,18,20,22). The topological polar surface area (TPSA) is 69.8 Å². The van der Waals surface area contributed by atoms with E-state index < -0.39 is 0 Å². The van der Waals surface area contributed by atoms with Crippen LogP contribution < -0.4 is 10.6 Å². The fourth-order valence-electron chi connectivity index (χ4n) is 2.16. The van der Waals surface area contributed by atoms with Gasteiger partial charge in [0.15, 0.2) is 0 Å². The molecule has 0 aliphatic carbocycles. The normalized spacial score (nSPS) is 10.6. The first kappa shape index (κ1) is 14.4. The highest BCUT2D eigenvalue weighted by atomic mass is 35.5. The van der Waals surface area contributed by atoms with Gasteiger partial charge in [0.1, 0.15) is 0 Å². The van der Waals surface area contributed by atoms with Gasteiger partial charge in [-0.15, -0.1) is 0 Å². The first-order valence-electron chi connectivity index (χ1n) is 6.93. The quantitative estimate of drug-likeness (QED) is 0.689. The predicted octanol–water partition coefficient (Wildman–Crippen LogP) is 3.58. The van der Waals surface area contributed by atoms with Crippen LogP contribution in [-0.2, 0) is 6.42 Å². The van der Waals surface area contributed by atoms with Gasteiger partial charge >= 0.3 is 6.03 Å². The Balaban J connectivity index is 1.50. The summed E-state index contributed by atoms with van der Waals surface area (Å²) >= 11 is 5.83. The summed E-state index contributed by atoms with van der Waals surface area (Å²) in [5.74, 6) is 0. The fraction of sp³-hybridized carbons (Fsp3) is 0.125. The average molecular weight is 315 g/mol. The Morgan fingerprint density at radius 2 is 2.00 bits per heavy atom. The van der Waals surface area contributed by atoms with Gasteiger partial charge in [-0.1, -0.05) is 23.7 Å². The minimum atomic E-state index is -0.229. The van der Waals surface area contributed by atoms with Crippen molar-refractivity contribution < 1.29 is 4.79 Å². The van der Waals surface area contributed by atoms with Crippen LogP contribution in [0.15, 0.2) is 48.7 Å². The van der Waals surface area contributed by atoms with E-state index in [1.54, 1.807) is 6.20 Å². The van der Waals surface area contributed by atoms with Gasteiger partial charge in [0.25, 0.3) is 0 Å². The van der Waals surface area contributed by atoms with E-state index in [1.165, 1.54) is 0 Å². The van der Waals surface area contributed by atoms with Crippen molar-refractivity contribution >= 4 is 34.2 Å². The number of hydrogen-bond acceptors (Lipinski definition) is 2. The van der Waals surface area contributed by atoms with Crippen molar-refractivity contribution in [3.8, 4) is 0 Å². The molecule has 0 unspecified atom stereocenters. The molecule has 1 aromatic heterocycles. The number of halogens is 1. The summed E-state index contributed by atoms with van der Waals surface area (Å²) in [6.45, 7) is 0.555. The van der Waals surface area contributed by atoms with Crippen molar-refractivity contribution in [1.82, 2.24) is 15.5 Å². The van der Waals surface area contributed by atoms with Crippen molar-refractivity contribution in [3.05, 3.63) is 59.2 Å². The van der Waals surface area contributed by atoms with E-state index in [0.717, 1.165) is 28.6 Å². The number of aromatic amines is 1. The molecule has 3 rings (SSSR count). The SMILES string of the molecule is O=C(NCCc1ccc(Cl)cc1)Nc1ccc2cn[nH]c2c1. The molecular formula is C16H15ClN4O. The van der Waals surface area contributed by atoms with Crippen LogP contribution in [0.1, 0.15) is 5.56 Å². The van der Waals surface area contributed by atoms with Crippen LogP contribution in [0.4, 0.5) is 10.5 Å². The molecule has 0 fully saturated rings. The monoisotopic (exact) mass is 314 g/mol. The molecule has 0 radical (unpaired) electrons. The summed E-state index contributed by atoms with van der Waals surface area (Å²) < 4.78 is 0. The molecule has 0 saturated heterocycles. The number of anilines is 1. The van der Waals surface area contributed by atoms with Crippen molar-refractivity contribution in [1.29, 1.82) is 0 Å². The van der Waals surface area contributed by atoms with Crippen LogP contribution >= 0.6 is 11.6 Å². The summed E-state index contributed by atoms with van der Waals surface area (Å²) in [7, 11) is 0. The molecule has 0 spiro atoms. The van der Waals surface area contributed by atoms with Crippen LogP contribution in [0.25, 0.3) is 10.9 Å². The number of fused-ring (bicyclic) bond motifs is 1. The number of amides is 2. The smallest absolute Gasteiger partial charge is 0.319 e. The molecule has 1 heterocycles. The lowest BCUT2D eigenvalue weighted by Crippen LogP contribution is -2.30. The number of rotatable bonds is 4. The highest BCUT2D eigenvalue weighted by molar-refractivity contribution is 6.30. The Morgan fingerprint density at radius 1 is 1.18 bits per heavy atom. The number of carbonyl (C=O) groups is 1. The molecule has 0 atom stereocenters. The maximum atomic E-state index is 11.9. The number of benzene rings is 2. The number of H-pyrrole nitrogens is 1. The van der Waals surface area contributed by atoms with Crippen molar-refractivity contribution in [3.63, 3.8) is 0 Å². The summed E-state index contributed by atoms with van der Waals surface area (Å²) in [5.41, 5.74) is 2.74. The zero-order valence-electron chi connectivity index (χ0n) is 11.8. The Morgan fingerprint density at radius 3 is 2.82 bits per heavy atom. The summed E-state index contributed by atoms with van der Waals surface area (Å²) in [6.07, 6.45) is 2.50. The highest BCUT2D eigenvalue weighted by Crippen LogP contribution is 2.16. The number of nitrogens with zero attached hydrogens (tertiary/aromatic N) is 1. The molecular weight excluding hydrogens is 300 g/mol. The Hall–Kier alpha value is -2.53. The first-order chi connectivity index (χ1) is 10.7. The van der Waals surface area contributed by atoms with Crippen molar-refractivity contribution in [2.24, 2.45) is 0 Å². The van der Waals surface area contributed by atoms with E-state index in [1.807, 2.05) is 42.5 Å². The molecule has 3 N–H and O–H groups in total. The van der Waals surface area contributed by atoms with Gasteiger partial charge in [-0.3, -0.25) is 5.10 Å². The van der Waals surface area contributed by atoms with E-state index in [4.69, 9.17) is 11.6 Å². The lowest BCUT2D eigenvalue weighted by Gasteiger charge is -2.08. The summed E-state index contributed by atoms with van der Waals surface area (Å²) in [5, 5.41) is 14.2. The third kappa shape index (κ3) is 3.56. The fourth-order valence-corrected chi connectivity index (χ4v) is 2.29. The molecule has 0 saturated carbocycles. The van der Waals surface area contributed by atoms with Crippen LogP contribution in [0.2, 0.25) is 5.02 Å². The molecule has 22 heavy (non-hydrogen) atoms. The third-order valence-electron chi connectivity index (χ3n) is 3.31. The lowest BCUT2D eigenvalue weighted by atomic mass is 10.1. The van der Waals surface area contributed by atoms with Crippen molar-refractivity contribution in [2.75, 3.05) is 11.9 Å². The van der Waals surface area contributed by atoms with Gasteiger partial charge in [0, 0.05) is 22.6 Å². The zero-order chi connectivity index (χ0) is 15.4. The highest BCUT2D eigenvalue weighted by Gasteiger charge is 2.03. The molecule has 2 aromatic carbocycles. The lowest BCUT2D eigenvalue weighted by molar-refractivity contribution is 0.252. The number of nitrogens with one attached hydrogen (secondary N) is 3. The number of aromatic nitrogens is 2. The third-order valence-corrected chi connectivity index (χ3v) is 3.56. The Bertz CT molecular complexity index is 782. The van der Waals surface area contributed by atoms with E-state index in [9.17, 15) is 4.79 Å². The van der Waals surface area contributed by atoms with Crippen LogP contribution in [0.3, 0.4) is 0 Å². The Labute approximate surface area is 132 Å². The predicted molar refractivity (Wildman–Crippen MR) is 88.3 cm³/mol. The summed E-state index contributed by atoms with van der Waals surface area (Å²) in [6, 6.07) is 13.0. The van der Waals surface area contributed by atoms with Gasteiger partial charge in [-0.2, -0.15) is 5.10 Å². The second-order valence-electron chi connectivity index (χ2n) is 4.93. The van der Waals surface area contributed by atoms with E-state index in [2.05, 4.69) is 20.8 Å². The molecule has 112 valence electrons. The number of carbonyl (C=O) groups excluding carboxylic acids is 1. The van der Waals surface area contributed by atoms with Crippen LogP contribution in [0, 0.1) is 0 Å². The molecule has 2 amide bonds. The molecule has 6 heteroatoms. The minimum absolute atomic E-state index is 0.229. The largest absolute Gasteiger partial charge is 0.338 e. The van der Waals surface area contributed by atoms with E-state index >= 15 is 0 Å². The van der Waals surface area contributed by atoms with Gasteiger partial charge < -0.3 is 10.6 Å². The number of urea groups is 1. The molecule has 3 aromatic rings. The van der Waals surface area contributed by atoms with Gasteiger partial charge in [0.05, 0.1) is 11.7 Å². The molecule has 5 nitrogen and oxygen atoms in total. The van der Waals surface area contributed by atoms with Crippen molar-refractivity contribution in [2.45, 2.75) is 6.42 Å². The maximum Gasteiger partial charge on any atom is 0.319 e. The van der Waals surface area contributed by atoms with E-state index in [-0.39, 0.29) is 6.03 Å². The van der Waals surface area contributed by atoms with Crippen LogP contribution in [0.5, 0.6) is 0 Å². The first-order valence-corrected chi connectivity index (χ1v) is 7.31. The molecule has 0 aliphatic rings. The summed E-state index contributed by atoms with van der Waals surface area (Å²) in [4.78, 5) is 11.9. The minimum Gasteiger partial charge on any atom is -0.338 e. The number of hydrogen-bond donors (Lipinski definition) is 3. The van der Waals surface area contributed by atoms with Gasteiger partial charge in [-0.05, 0) is 42.3 Å². The van der Waals surface area contributed by atoms with Crippen LogP contribution in [-0.4, -0.2) is 22.8 Å². The molecule has 0 aliphatic heterocycles. The van der Waals surface area contributed by atoms with Gasteiger partial charge in [-0.25, -0.2) is 4.79 Å². The zero-order valence-corrected chi connectivity index (χ0v) is 12.5. The second kappa shape index (κ2) is 6.49. The molecule has 0 bridgehead atoms. The second-order valence-corrected chi connectivity index (χ2v) is 5.37.